The molecule has 200 valence electrons. The number of fused-ring (bicyclic) bond motifs is 1. The fraction of sp³-hybridized carbons (Fsp3) is 0.591. The lowest BCUT2D eigenvalue weighted by molar-refractivity contribution is -0.0434. The number of hydrogen-bond donors (Lipinski definition) is 6. The highest BCUT2D eigenvalue weighted by molar-refractivity contribution is 7.99. The van der Waals surface area contributed by atoms with Crippen LogP contribution in [0.5, 0.6) is 0 Å². The van der Waals surface area contributed by atoms with Gasteiger partial charge < -0.3 is 41.6 Å². The number of aliphatic hydroxyl groups is 2. The molecule has 2 saturated heterocycles. The number of nitrogens with two attached hydrogens (primary N) is 2. The van der Waals surface area contributed by atoms with E-state index in [4.69, 9.17) is 20.7 Å². The highest BCUT2D eigenvalue weighted by Crippen LogP contribution is 2.40. The van der Waals surface area contributed by atoms with Crippen molar-refractivity contribution >= 4 is 40.7 Å². The lowest BCUT2D eigenvalue weighted by Crippen LogP contribution is -2.29. The Labute approximate surface area is 217 Å². The Bertz CT molecular complexity index is 1240. The van der Waals surface area contributed by atoms with Gasteiger partial charge in [0.2, 0.25) is 5.95 Å². The lowest BCUT2D eigenvalue weighted by atomic mass is 10.1. The molecule has 0 aliphatic carbocycles. The summed E-state index contributed by atoms with van der Waals surface area (Å²) in [7, 11) is 0. The van der Waals surface area contributed by atoms with Crippen molar-refractivity contribution in [1.82, 2.24) is 24.7 Å². The lowest BCUT2D eigenvalue weighted by Gasteiger charge is -2.23. The molecule has 3 aromatic rings. The predicted octanol–water partition coefficient (Wildman–Crippen LogP) is 0.361. The first-order chi connectivity index (χ1) is 17.9. The summed E-state index contributed by atoms with van der Waals surface area (Å²) in [5.74, 6) is 3.44. The van der Waals surface area contributed by atoms with Crippen LogP contribution in [0.15, 0.2) is 21.9 Å². The highest BCUT2D eigenvalue weighted by atomic mass is 32.2. The van der Waals surface area contributed by atoms with Gasteiger partial charge >= 0.3 is 0 Å². The second kappa shape index (κ2) is 11.1. The number of aliphatic hydroxyl groups excluding tert-OH is 2. The van der Waals surface area contributed by atoms with E-state index in [9.17, 15) is 10.2 Å². The summed E-state index contributed by atoms with van der Waals surface area (Å²) in [6.45, 7) is 2.70. The second-order valence-electron chi connectivity index (χ2n) is 8.99. The van der Waals surface area contributed by atoms with E-state index in [-0.39, 0.29) is 12.0 Å². The molecule has 0 aromatic carbocycles. The number of anilines is 2. The first kappa shape index (κ1) is 25.5. The minimum Gasteiger partial charge on any atom is -0.387 e. The molecule has 8 N–H and O–H groups in total. The van der Waals surface area contributed by atoms with Gasteiger partial charge in [0.15, 0.2) is 34.9 Å². The molecule has 0 spiro atoms. The Morgan fingerprint density at radius 3 is 2.78 bits per heavy atom. The average Bonchev–Trinajstić information content (AvgIpc) is 3.61. The number of aromatic nitrogens is 5. The number of nitrogens with one attached hydrogen (secondary N) is 2. The van der Waals surface area contributed by atoms with Gasteiger partial charge in [-0.1, -0.05) is 12.1 Å². The van der Waals surface area contributed by atoms with Crippen LogP contribution in [-0.4, -0.2) is 83.7 Å². The molecule has 37 heavy (non-hydrogen) atoms. The fourth-order valence-electron chi connectivity index (χ4n) is 4.42. The van der Waals surface area contributed by atoms with Crippen molar-refractivity contribution in [2.45, 2.75) is 56.8 Å². The third kappa shape index (κ3) is 5.44. The van der Waals surface area contributed by atoms with Gasteiger partial charge in [0, 0.05) is 18.7 Å². The maximum Gasteiger partial charge on any atom is 0.226 e. The summed E-state index contributed by atoms with van der Waals surface area (Å²) >= 11 is 1.94. The van der Waals surface area contributed by atoms with Crippen LogP contribution in [0.4, 0.5) is 11.8 Å². The van der Waals surface area contributed by atoms with Gasteiger partial charge in [-0.15, -0.1) is 0 Å². The van der Waals surface area contributed by atoms with Gasteiger partial charge in [-0.3, -0.25) is 9.56 Å². The number of ether oxygens (including phenoxy) is 1. The summed E-state index contributed by atoms with van der Waals surface area (Å²) < 4.78 is 13.0. The normalized spacial score (nSPS) is 24.4. The minimum atomic E-state index is -1.25. The predicted molar refractivity (Wildman–Crippen MR) is 139 cm³/mol. The zero-order valence-corrected chi connectivity index (χ0v) is 21.3. The van der Waals surface area contributed by atoms with Gasteiger partial charge in [-0.05, 0) is 30.8 Å². The Hall–Kier alpha value is -3.14. The molecule has 14 nitrogen and oxygen atoms in total. The van der Waals surface area contributed by atoms with Crippen molar-refractivity contribution in [3.63, 3.8) is 0 Å². The number of rotatable bonds is 9. The molecule has 3 aromatic heterocycles. The van der Waals surface area contributed by atoms with Crippen molar-refractivity contribution < 1.29 is 19.5 Å². The van der Waals surface area contributed by atoms with E-state index < -0.39 is 24.5 Å². The maximum absolute atomic E-state index is 10.9. The summed E-state index contributed by atoms with van der Waals surface area (Å²) in [6, 6.07) is 1.98. The summed E-state index contributed by atoms with van der Waals surface area (Å²) in [4.78, 5) is 17.8. The number of hydrogen-bond acceptors (Lipinski definition) is 12. The Kier molecular flexibility index (Phi) is 7.64. The highest BCUT2D eigenvalue weighted by Gasteiger charge is 2.47. The third-order valence-electron chi connectivity index (χ3n) is 6.41. The van der Waals surface area contributed by atoms with Crippen molar-refractivity contribution in [2.24, 2.45) is 16.5 Å². The van der Waals surface area contributed by atoms with E-state index in [1.807, 2.05) is 18.7 Å². The zero-order valence-electron chi connectivity index (χ0n) is 20.4. The van der Waals surface area contributed by atoms with Gasteiger partial charge in [0.05, 0.1) is 18.6 Å². The molecule has 0 amide bonds. The molecule has 2 aliphatic rings. The number of thioether (sulfide) groups is 1. The van der Waals surface area contributed by atoms with Crippen molar-refractivity contribution in [3.8, 4) is 0 Å². The van der Waals surface area contributed by atoms with Gasteiger partial charge in [0.25, 0.3) is 0 Å². The molecule has 0 saturated carbocycles. The molecule has 2 fully saturated rings. The summed E-state index contributed by atoms with van der Waals surface area (Å²) in [5, 5.41) is 32.3. The first-order valence-electron chi connectivity index (χ1n) is 12.3. The van der Waals surface area contributed by atoms with Crippen LogP contribution in [-0.2, 0) is 11.2 Å². The maximum atomic E-state index is 10.9. The molecule has 0 unspecified atom stereocenters. The molecular formula is C22H32N10O4S. The number of aliphatic imine (C=N–C) groups is 1. The fourth-order valence-corrected chi connectivity index (χ4v) is 5.53. The van der Waals surface area contributed by atoms with E-state index in [1.54, 1.807) is 10.6 Å². The van der Waals surface area contributed by atoms with Crippen LogP contribution in [0.1, 0.15) is 43.6 Å². The van der Waals surface area contributed by atoms with Crippen molar-refractivity contribution in [3.05, 3.63) is 23.8 Å². The smallest absolute Gasteiger partial charge is 0.226 e. The molecule has 4 atom stereocenters. The molecule has 15 heteroatoms. The van der Waals surface area contributed by atoms with Gasteiger partial charge in [-0.2, -0.15) is 21.7 Å². The van der Waals surface area contributed by atoms with E-state index in [0.29, 0.717) is 48.2 Å². The van der Waals surface area contributed by atoms with Gasteiger partial charge in [0.1, 0.15) is 18.3 Å². The van der Waals surface area contributed by atoms with E-state index >= 15 is 0 Å². The number of nitrogens with zero attached hydrogens (tertiary/aromatic N) is 6. The van der Waals surface area contributed by atoms with Crippen LogP contribution < -0.4 is 22.1 Å². The van der Waals surface area contributed by atoms with Crippen molar-refractivity contribution in [2.75, 3.05) is 35.2 Å². The third-order valence-corrected chi connectivity index (χ3v) is 7.45. The molecule has 2 aliphatic heterocycles. The van der Waals surface area contributed by atoms with Crippen molar-refractivity contribution in [1.29, 1.82) is 0 Å². The Morgan fingerprint density at radius 1 is 1.24 bits per heavy atom. The van der Waals surface area contributed by atoms with Crippen LogP contribution in [0, 0.1) is 0 Å². The first-order valence-corrected chi connectivity index (χ1v) is 13.4. The van der Waals surface area contributed by atoms with Crippen LogP contribution >= 0.6 is 11.8 Å². The van der Waals surface area contributed by atoms with E-state index in [0.717, 1.165) is 30.0 Å². The Balaban J connectivity index is 1.45. The topological polar surface area (TPSA) is 208 Å². The van der Waals surface area contributed by atoms with Gasteiger partial charge in [-0.25, -0.2) is 4.98 Å². The summed E-state index contributed by atoms with van der Waals surface area (Å²) in [5.41, 5.74) is 12.5. The number of aryl methyl sites for hydroxylation is 1. The van der Waals surface area contributed by atoms with Crippen LogP contribution in [0.25, 0.3) is 11.2 Å². The SMILES string of the molecule is CCc1cc([C@H]2O[C@@H](n3cnc4c(NC5CCSCC5)nc(NCCN=C(N)N)nc43)[C@H](O)[C@@H]2O)on1. The molecule has 0 radical (unpaired) electrons. The van der Waals surface area contributed by atoms with Crippen LogP contribution in [0.3, 0.4) is 0 Å². The second-order valence-corrected chi connectivity index (χ2v) is 10.2. The van der Waals surface area contributed by atoms with Crippen LogP contribution in [0.2, 0.25) is 0 Å². The Morgan fingerprint density at radius 2 is 2.05 bits per heavy atom. The zero-order chi connectivity index (χ0) is 25.9. The molecule has 5 rings (SSSR count). The minimum absolute atomic E-state index is 0.00654. The summed E-state index contributed by atoms with van der Waals surface area (Å²) in [6.07, 6.45) is -0.0843. The molecular weight excluding hydrogens is 500 g/mol. The van der Waals surface area contributed by atoms with E-state index in [2.05, 4.69) is 35.7 Å². The quantitative estimate of drug-likeness (QED) is 0.125. The molecule has 5 heterocycles. The standard InChI is InChI=1S/C22H32N10O4S/c1-2-11-9-13(36-31-11)17-15(33)16(34)20(35-17)32-10-27-14-18(28-12-3-7-37-8-4-12)29-22(30-19(14)32)26-6-5-25-21(23)24/h9-10,12,15-17,20,33-34H,2-8H2,1H3,(H4,23,24,25)(H2,26,28,29,30)/t15-,16+,17+,20+/m0/s1. The number of imidazole rings is 1. The molecule has 0 bridgehead atoms. The van der Waals surface area contributed by atoms with E-state index in [1.165, 1.54) is 6.33 Å². The monoisotopic (exact) mass is 532 g/mol. The average molecular weight is 533 g/mol. The number of guanidine groups is 1. The largest absolute Gasteiger partial charge is 0.387 e.